The highest BCUT2D eigenvalue weighted by atomic mass is 35.5. The monoisotopic (exact) mass is 384 g/mol. The number of hydrogen-bond donors (Lipinski definition) is 0. The highest BCUT2D eigenvalue weighted by Crippen LogP contribution is 2.32. The van der Waals surface area contributed by atoms with Gasteiger partial charge in [0.15, 0.2) is 6.10 Å². The molecule has 0 spiro atoms. The summed E-state index contributed by atoms with van der Waals surface area (Å²) >= 11 is 6.39. The van der Waals surface area contributed by atoms with E-state index in [9.17, 15) is 9.59 Å². The summed E-state index contributed by atoms with van der Waals surface area (Å²) in [6.07, 6.45) is 2.04. The molecule has 1 aromatic heterocycles. The lowest BCUT2D eigenvalue weighted by Gasteiger charge is -2.16. The Labute approximate surface area is 162 Å². The second-order valence-electron chi connectivity index (χ2n) is 6.46. The summed E-state index contributed by atoms with van der Waals surface area (Å²) in [4.78, 5) is 24.4. The van der Waals surface area contributed by atoms with E-state index in [1.807, 2.05) is 6.07 Å². The first kappa shape index (κ1) is 19.2. The van der Waals surface area contributed by atoms with Gasteiger partial charge >= 0.3 is 5.63 Å². The van der Waals surface area contributed by atoms with Crippen molar-refractivity contribution >= 4 is 28.4 Å². The van der Waals surface area contributed by atoms with Crippen LogP contribution in [0.15, 0.2) is 57.7 Å². The quantitative estimate of drug-likeness (QED) is 0.402. The SMILES string of the molecule is CCCCc1cc(=O)oc2cc(OC(C)C(=O)c3ccccc3)c(Cl)cc12. The first-order chi connectivity index (χ1) is 13.0. The molecule has 0 aliphatic carbocycles. The maximum Gasteiger partial charge on any atom is 0.336 e. The summed E-state index contributed by atoms with van der Waals surface area (Å²) < 4.78 is 11.1. The lowest BCUT2D eigenvalue weighted by atomic mass is 10.0. The zero-order valence-electron chi connectivity index (χ0n) is 15.3. The molecule has 3 rings (SSSR count). The van der Waals surface area contributed by atoms with Crippen molar-refractivity contribution in [2.75, 3.05) is 0 Å². The molecule has 0 radical (unpaired) electrons. The highest BCUT2D eigenvalue weighted by molar-refractivity contribution is 6.32. The van der Waals surface area contributed by atoms with Crippen LogP contribution in [0, 0.1) is 0 Å². The van der Waals surface area contributed by atoms with E-state index in [2.05, 4.69) is 6.92 Å². The lowest BCUT2D eigenvalue weighted by molar-refractivity contribution is 0.0818. The van der Waals surface area contributed by atoms with E-state index < -0.39 is 11.7 Å². The Morgan fingerprint density at radius 2 is 1.93 bits per heavy atom. The number of Topliss-reactive ketones (excluding diaryl/α,β-unsaturated/α-hetero) is 1. The van der Waals surface area contributed by atoms with Gasteiger partial charge in [-0.2, -0.15) is 0 Å². The molecule has 27 heavy (non-hydrogen) atoms. The van der Waals surface area contributed by atoms with Gasteiger partial charge in [-0.3, -0.25) is 4.79 Å². The third kappa shape index (κ3) is 4.40. The number of unbranched alkanes of at least 4 members (excludes halogenated alkanes) is 1. The maximum atomic E-state index is 12.5. The number of hydrogen-bond acceptors (Lipinski definition) is 4. The van der Waals surface area contributed by atoms with Crippen molar-refractivity contribution in [3.05, 3.63) is 75.1 Å². The molecule has 0 aliphatic rings. The molecule has 4 nitrogen and oxygen atoms in total. The molecule has 0 N–H and O–H groups in total. The van der Waals surface area contributed by atoms with Crippen molar-refractivity contribution < 1.29 is 13.9 Å². The molecular formula is C22H21ClO4. The first-order valence-corrected chi connectivity index (χ1v) is 9.39. The van der Waals surface area contributed by atoms with Crippen molar-refractivity contribution in [1.29, 1.82) is 0 Å². The second kappa shape index (κ2) is 8.40. The van der Waals surface area contributed by atoms with Crippen LogP contribution in [-0.4, -0.2) is 11.9 Å². The molecule has 0 amide bonds. The number of benzene rings is 2. The van der Waals surface area contributed by atoms with Gasteiger partial charge < -0.3 is 9.15 Å². The van der Waals surface area contributed by atoms with E-state index in [-0.39, 0.29) is 5.78 Å². The van der Waals surface area contributed by atoms with Gasteiger partial charge in [0.05, 0.1) is 5.02 Å². The van der Waals surface area contributed by atoms with Gasteiger partial charge in [0.2, 0.25) is 5.78 Å². The Hall–Kier alpha value is -2.59. The zero-order valence-corrected chi connectivity index (χ0v) is 16.1. The van der Waals surface area contributed by atoms with Crippen molar-refractivity contribution in [3.63, 3.8) is 0 Å². The van der Waals surface area contributed by atoms with Gasteiger partial charge in [-0.05, 0) is 31.4 Å². The van der Waals surface area contributed by atoms with Crippen LogP contribution in [0.1, 0.15) is 42.6 Å². The van der Waals surface area contributed by atoms with E-state index in [0.29, 0.717) is 21.9 Å². The average Bonchev–Trinajstić information content (AvgIpc) is 2.67. The third-order valence-electron chi connectivity index (χ3n) is 4.41. The van der Waals surface area contributed by atoms with Crippen LogP contribution in [0.5, 0.6) is 5.75 Å². The van der Waals surface area contributed by atoms with E-state index in [0.717, 1.165) is 30.2 Å². The van der Waals surface area contributed by atoms with Crippen LogP contribution in [0.4, 0.5) is 0 Å². The fourth-order valence-electron chi connectivity index (χ4n) is 2.97. The Morgan fingerprint density at radius 3 is 2.63 bits per heavy atom. The molecule has 1 unspecified atom stereocenters. The summed E-state index contributed by atoms with van der Waals surface area (Å²) in [6.45, 7) is 3.77. The molecule has 0 fully saturated rings. The summed E-state index contributed by atoms with van der Waals surface area (Å²) in [7, 11) is 0. The van der Waals surface area contributed by atoms with Crippen molar-refractivity contribution in [2.24, 2.45) is 0 Å². The Balaban J connectivity index is 1.92. The van der Waals surface area contributed by atoms with Crippen LogP contribution in [0.2, 0.25) is 5.02 Å². The number of fused-ring (bicyclic) bond motifs is 1. The van der Waals surface area contributed by atoms with Gasteiger partial charge in [0.25, 0.3) is 0 Å². The molecule has 2 aromatic carbocycles. The van der Waals surface area contributed by atoms with Gasteiger partial charge in [0, 0.05) is 23.1 Å². The van der Waals surface area contributed by atoms with Crippen LogP contribution in [0.25, 0.3) is 11.0 Å². The zero-order chi connectivity index (χ0) is 19.4. The van der Waals surface area contributed by atoms with Crippen LogP contribution in [0.3, 0.4) is 0 Å². The molecule has 0 saturated carbocycles. The van der Waals surface area contributed by atoms with Gasteiger partial charge in [-0.1, -0.05) is 55.3 Å². The summed E-state index contributed by atoms with van der Waals surface area (Å²) in [6, 6.07) is 13.8. The van der Waals surface area contributed by atoms with Crippen LogP contribution in [-0.2, 0) is 6.42 Å². The number of halogens is 1. The number of carbonyl (C=O) groups excluding carboxylic acids is 1. The second-order valence-corrected chi connectivity index (χ2v) is 6.87. The van der Waals surface area contributed by atoms with Crippen LogP contribution < -0.4 is 10.4 Å². The number of rotatable bonds is 7. The summed E-state index contributed by atoms with van der Waals surface area (Å²) in [5.74, 6) is 0.168. The first-order valence-electron chi connectivity index (χ1n) is 9.01. The predicted molar refractivity (Wildman–Crippen MR) is 107 cm³/mol. The van der Waals surface area contributed by atoms with Gasteiger partial charge in [-0.15, -0.1) is 0 Å². The molecule has 1 heterocycles. The molecule has 3 aromatic rings. The number of ether oxygens (including phenoxy) is 1. The summed E-state index contributed by atoms with van der Waals surface area (Å²) in [5.41, 5.74) is 1.47. The fraction of sp³-hybridized carbons (Fsp3) is 0.273. The number of aryl methyl sites for hydroxylation is 1. The summed E-state index contributed by atoms with van der Waals surface area (Å²) in [5, 5.41) is 1.17. The number of ketones is 1. The van der Waals surface area contributed by atoms with E-state index in [1.54, 1.807) is 43.3 Å². The topological polar surface area (TPSA) is 56.5 Å². The van der Waals surface area contributed by atoms with E-state index in [4.69, 9.17) is 20.8 Å². The van der Waals surface area contributed by atoms with Crippen LogP contribution >= 0.6 is 11.6 Å². The minimum Gasteiger partial charge on any atom is -0.481 e. The minimum absolute atomic E-state index is 0.148. The lowest BCUT2D eigenvalue weighted by Crippen LogP contribution is -2.24. The Bertz CT molecular complexity index is 1010. The van der Waals surface area contributed by atoms with Gasteiger partial charge in [0.1, 0.15) is 11.3 Å². The Kier molecular flexibility index (Phi) is 5.97. The minimum atomic E-state index is -0.725. The van der Waals surface area contributed by atoms with E-state index >= 15 is 0 Å². The normalized spacial score (nSPS) is 12.1. The highest BCUT2D eigenvalue weighted by Gasteiger charge is 2.19. The molecule has 5 heteroatoms. The van der Waals surface area contributed by atoms with Crippen molar-refractivity contribution in [3.8, 4) is 5.75 Å². The molecule has 140 valence electrons. The van der Waals surface area contributed by atoms with E-state index in [1.165, 1.54) is 6.07 Å². The van der Waals surface area contributed by atoms with Gasteiger partial charge in [-0.25, -0.2) is 4.79 Å². The number of carbonyl (C=O) groups is 1. The fourth-order valence-corrected chi connectivity index (χ4v) is 3.18. The standard InChI is InChI=1S/C22H21ClO4/c1-3-4-8-16-11-21(24)27-19-13-20(18(23)12-17(16)19)26-14(2)22(25)15-9-6-5-7-10-15/h5-7,9-14H,3-4,8H2,1-2H3. The Morgan fingerprint density at radius 1 is 1.19 bits per heavy atom. The average molecular weight is 385 g/mol. The maximum absolute atomic E-state index is 12.5. The third-order valence-corrected chi connectivity index (χ3v) is 4.71. The smallest absolute Gasteiger partial charge is 0.336 e. The molecular weight excluding hydrogens is 364 g/mol. The molecule has 0 aliphatic heterocycles. The van der Waals surface area contributed by atoms with Crippen molar-refractivity contribution in [1.82, 2.24) is 0 Å². The van der Waals surface area contributed by atoms with Crippen molar-refractivity contribution in [2.45, 2.75) is 39.2 Å². The molecule has 1 atom stereocenters. The molecule has 0 saturated heterocycles. The largest absolute Gasteiger partial charge is 0.481 e. The molecule has 0 bridgehead atoms. The predicted octanol–water partition coefficient (Wildman–Crippen LogP) is 5.44.